The van der Waals surface area contributed by atoms with Crippen molar-refractivity contribution >= 4 is 29.3 Å². The van der Waals surface area contributed by atoms with Crippen molar-refractivity contribution in [2.45, 2.75) is 37.6 Å². The molecule has 1 saturated carbocycles. The number of hydrogen-bond acceptors (Lipinski definition) is 7. The summed E-state index contributed by atoms with van der Waals surface area (Å²) in [5.74, 6) is 7.21. The first-order chi connectivity index (χ1) is 20.7. The van der Waals surface area contributed by atoms with Crippen LogP contribution in [0.4, 0.5) is 20.2 Å². The SMILES string of the molecule is CNc1ccc(-c2ncc(C3C4CC4c4cc(-c5cc(Cl)ccc5N(N)/C=C(\N)C(F)F)cc(=O)n43)[nH]2)cc1CCC=O. The average Bonchev–Trinajstić information content (AvgIpc) is 3.49. The van der Waals surface area contributed by atoms with E-state index in [2.05, 4.69) is 15.3 Å². The van der Waals surface area contributed by atoms with Gasteiger partial charge in [-0.05, 0) is 72.4 Å². The lowest BCUT2D eigenvalue weighted by Crippen LogP contribution is -2.28. The summed E-state index contributed by atoms with van der Waals surface area (Å²) in [6.07, 6.45) is 2.74. The van der Waals surface area contributed by atoms with Gasteiger partial charge in [0.25, 0.3) is 12.0 Å². The number of benzene rings is 2. The number of nitrogens with zero attached hydrogens (tertiary/aromatic N) is 3. The smallest absolute Gasteiger partial charge is 0.279 e. The van der Waals surface area contributed by atoms with Crippen LogP contribution in [0.1, 0.15) is 41.8 Å². The molecule has 3 unspecified atom stereocenters. The quantitative estimate of drug-likeness (QED) is 0.111. The largest absolute Gasteiger partial charge is 0.396 e. The summed E-state index contributed by atoms with van der Waals surface area (Å²) in [7, 11) is 1.84. The second kappa shape index (κ2) is 11.3. The fourth-order valence-electron chi connectivity index (χ4n) is 6.09. The summed E-state index contributed by atoms with van der Waals surface area (Å²) in [6.45, 7) is 0. The van der Waals surface area contributed by atoms with Crippen LogP contribution < -0.4 is 27.5 Å². The normalized spacial score (nSPS) is 18.8. The Hall–Kier alpha value is -4.48. The molecule has 1 aliphatic carbocycles. The number of aryl methyl sites for hydroxylation is 1. The maximum Gasteiger partial charge on any atom is 0.279 e. The third kappa shape index (κ3) is 5.30. The highest BCUT2D eigenvalue weighted by Gasteiger charge is 2.53. The molecule has 3 atom stereocenters. The Morgan fingerprint density at radius 2 is 2.05 bits per heavy atom. The second-order valence-electron chi connectivity index (χ2n) is 10.8. The highest BCUT2D eigenvalue weighted by atomic mass is 35.5. The molecule has 0 amide bonds. The van der Waals surface area contributed by atoms with E-state index in [0.717, 1.165) is 52.1 Å². The van der Waals surface area contributed by atoms with Crippen molar-refractivity contribution in [1.82, 2.24) is 14.5 Å². The summed E-state index contributed by atoms with van der Waals surface area (Å²) >= 11 is 6.30. The number of pyridine rings is 1. The molecule has 4 aromatic rings. The van der Waals surface area contributed by atoms with E-state index in [1.807, 2.05) is 31.3 Å². The fourth-order valence-corrected chi connectivity index (χ4v) is 6.27. The van der Waals surface area contributed by atoms with E-state index >= 15 is 0 Å². The number of aldehydes is 1. The Morgan fingerprint density at radius 1 is 1.23 bits per heavy atom. The van der Waals surface area contributed by atoms with E-state index in [1.54, 1.807) is 29.0 Å². The van der Waals surface area contributed by atoms with Crippen molar-refractivity contribution in [3.05, 3.63) is 99.0 Å². The number of anilines is 2. The first-order valence-corrected chi connectivity index (χ1v) is 14.2. The van der Waals surface area contributed by atoms with Crippen LogP contribution in [0, 0.1) is 5.92 Å². The number of carbonyl (C=O) groups excluding carboxylic acids is 1. The minimum Gasteiger partial charge on any atom is -0.396 e. The van der Waals surface area contributed by atoms with Gasteiger partial charge in [-0.3, -0.25) is 9.80 Å². The molecule has 2 aliphatic rings. The van der Waals surface area contributed by atoms with Gasteiger partial charge >= 0.3 is 0 Å². The molecule has 0 radical (unpaired) electrons. The maximum absolute atomic E-state index is 13.7. The highest BCUT2D eigenvalue weighted by molar-refractivity contribution is 6.31. The Morgan fingerprint density at radius 3 is 2.79 bits per heavy atom. The van der Waals surface area contributed by atoms with Crippen LogP contribution in [-0.4, -0.2) is 34.3 Å². The van der Waals surface area contributed by atoms with Crippen LogP contribution in [0.15, 0.2) is 71.4 Å². The summed E-state index contributed by atoms with van der Waals surface area (Å²) < 4.78 is 27.9. The van der Waals surface area contributed by atoms with Crippen molar-refractivity contribution in [2.24, 2.45) is 17.5 Å². The molecule has 3 heterocycles. The lowest BCUT2D eigenvalue weighted by Gasteiger charge is -2.21. The molecule has 1 fully saturated rings. The topological polar surface area (TPSA) is 135 Å². The van der Waals surface area contributed by atoms with Crippen LogP contribution in [0.3, 0.4) is 0 Å². The number of allylic oxidation sites excluding steroid dienone is 1. The predicted molar refractivity (Wildman–Crippen MR) is 163 cm³/mol. The third-order valence-corrected chi connectivity index (χ3v) is 8.42. The van der Waals surface area contributed by atoms with Gasteiger partial charge in [0.05, 0.1) is 29.3 Å². The van der Waals surface area contributed by atoms with Gasteiger partial charge in [0.15, 0.2) is 0 Å². The van der Waals surface area contributed by atoms with Crippen LogP contribution in [0.5, 0.6) is 0 Å². The second-order valence-corrected chi connectivity index (χ2v) is 11.3. The molecular formula is C31H30ClF2N7O2. The zero-order chi connectivity index (χ0) is 30.4. The number of alkyl halides is 2. The predicted octanol–water partition coefficient (Wildman–Crippen LogP) is 5.18. The van der Waals surface area contributed by atoms with E-state index in [4.69, 9.17) is 23.2 Å². The summed E-state index contributed by atoms with van der Waals surface area (Å²) in [6, 6.07) is 14.0. The maximum atomic E-state index is 13.7. The van der Waals surface area contributed by atoms with Gasteiger partial charge in [-0.15, -0.1) is 0 Å². The number of nitrogens with two attached hydrogens (primary N) is 2. The summed E-state index contributed by atoms with van der Waals surface area (Å²) in [5.41, 5.74) is 10.6. The molecule has 6 N–H and O–H groups in total. The van der Waals surface area contributed by atoms with E-state index in [9.17, 15) is 18.4 Å². The van der Waals surface area contributed by atoms with Crippen molar-refractivity contribution < 1.29 is 13.6 Å². The van der Waals surface area contributed by atoms with Crippen LogP contribution in [0.25, 0.3) is 22.5 Å². The number of imidazole rings is 1. The Labute approximate surface area is 251 Å². The highest BCUT2D eigenvalue weighted by Crippen LogP contribution is 2.60. The van der Waals surface area contributed by atoms with Gasteiger partial charge in [0.2, 0.25) is 0 Å². The molecule has 43 heavy (non-hydrogen) atoms. The molecule has 2 aromatic carbocycles. The Balaban J connectivity index is 1.35. The molecule has 222 valence electrons. The van der Waals surface area contributed by atoms with Gasteiger partial charge in [-0.1, -0.05) is 11.6 Å². The van der Waals surface area contributed by atoms with Gasteiger partial charge in [-0.2, -0.15) is 0 Å². The minimum absolute atomic E-state index is 0.195. The van der Waals surface area contributed by atoms with E-state index in [0.29, 0.717) is 40.5 Å². The lowest BCUT2D eigenvalue weighted by molar-refractivity contribution is -0.107. The van der Waals surface area contributed by atoms with Crippen molar-refractivity contribution in [3.63, 3.8) is 0 Å². The Bertz CT molecular complexity index is 1800. The number of aromatic amines is 1. The van der Waals surface area contributed by atoms with Gasteiger partial charge in [-0.25, -0.2) is 19.6 Å². The monoisotopic (exact) mass is 605 g/mol. The van der Waals surface area contributed by atoms with Crippen LogP contribution in [0.2, 0.25) is 5.02 Å². The summed E-state index contributed by atoms with van der Waals surface area (Å²) in [4.78, 5) is 32.7. The number of halogens is 3. The van der Waals surface area contributed by atoms with Crippen LogP contribution >= 0.6 is 11.6 Å². The van der Waals surface area contributed by atoms with Crippen molar-refractivity contribution in [1.29, 1.82) is 0 Å². The third-order valence-electron chi connectivity index (χ3n) is 8.18. The molecule has 1 aliphatic heterocycles. The standard InChI is InChI=1S/C31H30ClF2N7O2/c1-37-24-6-4-17(9-16(24)3-2-8-42)31-38-14-25(39-31)29-22-13-21(22)27-10-18(11-28(43)41(27)29)20-12-19(32)5-7-26(20)40(36)15-23(35)30(33)34/h4-12,14-15,21-22,29-30,37H,2-3,13,35-36H2,1H3,(H,38,39)/b23-15-. The van der Waals surface area contributed by atoms with E-state index < -0.39 is 12.1 Å². The zero-order valence-corrected chi connectivity index (χ0v) is 24.0. The van der Waals surface area contributed by atoms with E-state index in [-0.39, 0.29) is 23.4 Å². The molecule has 9 nitrogen and oxygen atoms in total. The number of hydrogen-bond donors (Lipinski definition) is 4. The fraction of sp³-hybridized carbons (Fsp3) is 0.258. The molecule has 6 rings (SSSR count). The van der Waals surface area contributed by atoms with Gasteiger partial charge in [0.1, 0.15) is 12.1 Å². The van der Waals surface area contributed by atoms with Crippen molar-refractivity contribution in [2.75, 3.05) is 17.4 Å². The number of aromatic nitrogens is 3. The average molecular weight is 606 g/mol. The minimum atomic E-state index is -2.87. The van der Waals surface area contributed by atoms with E-state index in [1.165, 1.54) is 6.07 Å². The Kier molecular flexibility index (Phi) is 7.53. The molecular weight excluding hydrogens is 576 g/mol. The lowest BCUT2D eigenvalue weighted by atomic mass is 10.0. The molecule has 0 spiro atoms. The number of H-pyrrole nitrogens is 1. The first-order valence-electron chi connectivity index (χ1n) is 13.9. The molecule has 0 bridgehead atoms. The number of nitrogens with one attached hydrogen (secondary N) is 2. The number of fused-ring (bicyclic) bond motifs is 3. The van der Waals surface area contributed by atoms with Crippen LogP contribution in [-0.2, 0) is 11.2 Å². The van der Waals surface area contributed by atoms with Gasteiger partial charge in [0, 0.05) is 59.2 Å². The first kappa shape index (κ1) is 28.6. The molecule has 2 aromatic heterocycles. The zero-order valence-electron chi connectivity index (χ0n) is 23.2. The molecule has 12 heteroatoms. The number of hydrazine groups is 1. The number of carbonyl (C=O) groups is 1. The summed E-state index contributed by atoms with van der Waals surface area (Å²) in [5, 5.41) is 4.58. The van der Waals surface area contributed by atoms with Crippen molar-refractivity contribution in [3.8, 4) is 22.5 Å². The number of rotatable bonds is 10. The van der Waals surface area contributed by atoms with Gasteiger partial charge < -0.3 is 25.4 Å². The molecule has 0 saturated heterocycles.